The van der Waals surface area contributed by atoms with Gasteiger partial charge < -0.3 is 10.1 Å². The number of hydrogen-bond acceptors (Lipinski definition) is 5. The lowest BCUT2D eigenvalue weighted by Gasteiger charge is -2.24. The first kappa shape index (κ1) is 19.1. The van der Waals surface area contributed by atoms with Gasteiger partial charge in [0.1, 0.15) is 0 Å². The average Bonchev–Trinajstić information content (AvgIpc) is 2.91. The van der Waals surface area contributed by atoms with E-state index in [2.05, 4.69) is 5.32 Å². The predicted octanol–water partition coefficient (Wildman–Crippen LogP) is 2.05. The van der Waals surface area contributed by atoms with E-state index < -0.39 is 23.9 Å². The molecule has 1 fully saturated rings. The van der Waals surface area contributed by atoms with Crippen molar-refractivity contribution >= 4 is 23.7 Å². The third kappa shape index (κ3) is 4.35. The fraction of sp³-hybridized carbons (Fsp3) is 0.500. The minimum atomic E-state index is -0.901. The zero-order valence-electron chi connectivity index (χ0n) is 15.4. The molecule has 2 aliphatic rings. The molecule has 0 aromatic heterocycles. The van der Waals surface area contributed by atoms with Gasteiger partial charge in [-0.25, -0.2) is 0 Å². The molecule has 144 valence electrons. The van der Waals surface area contributed by atoms with E-state index in [0.29, 0.717) is 11.1 Å². The van der Waals surface area contributed by atoms with Crippen molar-refractivity contribution in [3.63, 3.8) is 0 Å². The summed E-state index contributed by atoms with van der Waals surface area (Å²) < 4.78 is 5.16. The molecule has 3 rings (SSSR count). The van der Waals surface area contributed by atoms with E-state index in [9.17, 15) is 19.2 Å². The van der Waals surface area contributed by atoms with Gasteiger partial charge in [0.15, 0.2) is 6.10 Å². The number of carbonyl (C=O) groups excluding carboxylic acids is 4. The van der Waals surface area contributed by atoms with Gasteiger partial charge in [-0.1, -0.05) is 31.4 Å². The highest BCUT2D eigenvalue weighted by molar-refractivity contribution is 6.21. The van der Waals surface area contributed by atoms with Gasteiger partial charge in [-0.05, 0) is 31.9 Å². The van der Waals surface area contributed by atoms with E-state index >= 15 is 0 Å². The lowest BCUT2D eigenvalue weighted by atomic mass is 9.95. The van der Waals surface area contributed by atoms with Crippen LogP contribution in [0.4, 0.5) is 0 Å². The summed E-state index contributed by atoms with van der Waals surface area (Å²) in [6.07, 6.45) is 4.24. The fourth-order valence-electron chi connectivity index (χ4n) is 3.52. The van der Waals surface area contributed by atoms with E-state index in [1.807, 2.05) is 0 Å². The van der Waals surface area contributed by atoms with E-state index in [4.69, 9.17) is 4.74 Å². The Morgan fingerprint density at radius 2 is 1.70 bits per heavy atom. The van der Waals surface area contributed by atoms with Crippen LogP contribution in [0.25, 0.3) is 0 Å². The first-order valence-electron chi connectivity index (χ1n) is 9.42. The summed E-state index contributed by atoms with van der Waals surface area (Å²) >= 11 is 0. The van der Waals surface area contributed by atoms with E-state index in [1.165, 1.54) is 13.3 Å². The molecule has 0 unspecified atom stereocenters. The summed E-state index contributed by atoms with van der Waals surface area (Å²) in [5, 5.41) is 2.91. The molecule has 1 heterocycles. The molecule has 1 aliphatic heterocycles. The molecule has 7 heteroatoms. The number of benzene rings is 1. The Morgan fingerprint density at radius 3 is 2.30 bits per heavy atom. The van der Waals surface area contributed by atoms with Crippen molar-refractivity contribution in [3.05, 3.63) is 35.4 Å². The lowest BCUT2D eigenvalue weighted by Crippen LogP contribution is -2.43. The minimum Gasteiger partial charge on any atom is -0.452 e. The normalized spacial score (nSPS) is 18.2. The molecule has 1 aromatic carbocycles. The second kappa shape index (κ2) is 8.33. The van der Waals surface area contributed by atoms with Crippen LogP contribution in [0.15, 0.2) is 24.3 Å². The van der Waals surface area contributed by atoms with Crippen molar-refractivity contribution in [1.29, 1.82) is 0 Å². The van der Waals surface area contributed by atoms with Gasteiger partial charge in [-0.2, -0.15) is 0 Å². The Kier molecular flexibility index (Phi) is 5.88. The molecular formula is C20H24N2O5. The van der Waals surface area contributed by atoms with Gasteiger partial charge in [0.25, 0.3) is 17.7 Å². The number of nitrogens with one attached hydrogen (secondary N) is 1. The Hall–Kier alpha value is -2.70. The van der Waals surface area contributed by atoms with Crippen LogP contribution in [0.2, 0.25) is 0 Å². The number of esters is 1. The van der Waals surface area contributed by atoms with Crippen LogP contribution in [-0.4, -0.2) is 47.3 Å². The topological polar surface area (TPSA) is 92.8 Å². The maximum Gasteiger partial charge on any atom is 0.308 e. The molecule has 1 atom stereocenters. The number of hydrogen-bond donors (Lipinski definition) is 1. The Labute approximate surface area is 158 Å². The van der Waals surface area contributed by atoms with Crippen molar-refractivity contribution in [1.82, 2.24) is 10.2 Å². The van der Waals surface area contributed by atoms with Crippen LogP contribution in [0.5, 0.6) is 0 Å². The summed E-state index contributed by atoms with van der Waals surface area (Å²) in [5.74, 6) is -1.74. The number of imide groups is 1. The van der Waals surface area contributed by atoms with Crippen molar-refractivity contribution in [2.75, 3.05) is 6.54 Å². The van der Waals surface area contributed by atoms with Gasteiger partial charge >= 0.3 is 5.97 Å². The second-order valence-corrected chi connectivity index (χ2v) is 7.03. The van der Waals surface area contributed by atoms with Gasteiger partial charge in [0.05, 0.1) is 17.5 Å². The van der Waals surface area contributed by atoms with E-state index in [1.54, 1.807) is 24.3 Å². The Bertz CT molecular complexity index is 719. The highest BCUT2D eigenvalue weighted by Gasteiger charge is 2.35. The molecule has 0 spiro atoms. The molecule has 1 N–H and O–H groups in total. The van der Waals surface area contributed by atoms with Crippen LogP contribution < -0.4 is 5.32 Å². The highest BCUT2D eigenvalue weighted by atomic mass is 16.5. The maximum absolute atomic E-state index is 12.3. The SMILES string of the molecule is C[C@@H](OC(=O)CCN1C(=O)c2ccccc2C1=O)C(=O)NC1CCCCC1. The van der Waals surface area contributed by atoms with Gasteiger partial charge in [0.2, 0.25) is 0 Å². The van der Waals surface area contributed by atoms with Crippen LogP contribution in [0.3, 0.4) is 0 Å². The van der Waals surface area contributed by atoms with Crippen molar-refractivity contribution in [2.45, 2.75) is 57.6 Å². The molecule has 0 radical (unpaired) electrons. The minimum absolute atomic E-state index is 0.0673. The summed E-state index contributed by atoms with van der Waals surface area (Å²) in [6, 6.07) is 6.70. The van der Waals surface area contributed by atoms with Gasteiger partial charge in [-0.3, -0.25) is 24.1 Å². The molecule has 1 aliphatic carbocycles. The molecule has 27 heavy (non-hydrogen) atoms. The Morgan fingerprint density at radius 1 is 1.11 bits per heavy atom. The molecule has 1 saturated carbocycles. The number of carbonyl (C=O) groups is 4. The molecule has 1 aromatic rings. The number of fused-ring (bicyclic) bond motifs is 1. The smallest absolute Gasteiger partial charge is 0.308 e. The summed E-state index contributed by atoms with van der Waals surface area (Å²) in [7, 11) is 0. The van der Waals surface area contributed by atoms with E-state index in [-0.39, 0.29) is 24.9 Å². The van der Waals surface area contributed by atoms with Crippen molar-refractivity contribution in [2.24, 2.45) is 0 Å². The number of nitrogens with zero attached hydrogens (tertiary/aromatic N) is 1. The third-order valence-corrected chi connectivity index (χ3v) is 5.05. The number of amides is 3. The number of ether oxygens (including phenoxy) is 1. The summed E-state index contributed by atoms with van der Waals surface area (Å²) in [4.78, 5) is 49.8. The van der Waals surface area contributed by atoms with Crippen molar-refractivity contribution in [3.8, 4) is 0 Å². The van der Waals surface area contributed by atoms with Crippen LogP contribution in [0.1, 0.15) is 66.2 Å². The second-order valence-electron chi connectivity index (χ2n) is 7.03. The Balaban J connectivity index is 1.46. The van der Waals surface area contributed by atoms with Crippen LogP contribution in [0, 0.1) is 0 Å². The summed E-state index contributed by atoms with van der Waals surface area (Å²) in [5.41, 5.74) is 0.687. The van der Waals surface area contributed by atoms with E-state index in [0.717, 1.165) is 30.6 Å². The molecule has 7 nitrogen and oxygen atoms in total. The molecule has 0 bridgehead atoms. The maximum atomic E-state index is 12.3. The van der Waals surface area contributed by atoms with Crippen LogP contribution >= 0.6 is 0 Å². The standard InChI is InChI=1S/C20H24N2O5/c1-13(18(24)21-14-7-3-2-4-8-14)27-17(23)11-12-22-19(25)15-9-5-6-10-16(15)20(22)26/h5-6,9-10,13-14H,2-4,7-8,11-12H2,1H3,(H,21,24)/t13-/m1/s1. The average molecular weight is 372 g/mol. The number of rotatable bonds is 6. The zero-order chi connectivity index (χ0) is 19.4. The first-order chi connectivity index (χ1) is 13.0. The quantitative estimate of drug-likeness (QED) is 0.609. The molecule has 0 saturated heterocycles. The lowest BCUT2D eigenvalue weighted by molar-refractivity contribution is -0.155. The monoisotopic (exact) mass is 372 g/mol. The van der Waals surface area contributed by atoms with Gasteiger partial charge in [-0.15, -0.1) is 0 Å². The predicted molar refractivity (Wildman–Crippen MR) is 97.0 cm³/mol. The zero-order valence-corrected chi connectivity index (χ0v) is 15.4. The fourth-order valence-corrected chi connectivity index (χ4v) is 3.52. The summed E-state index contributed by atoms with van der Waals surface area (Å²) in [6.45, 7) is 1.46. The van der Waals surface area contributed by atoms with Crippen LogP contribution in [-0.2, 0) is 14.3 Å². The first-order valence-corrected chi connectivity index (χ1v) is 9.42. The largest absolute Gasteiger partial charge is 0.452 e. The highest BCUT2D eigenvalue weighted by Crippen LogP contribution is 2.22. The molecule has 3 amide bonds. The third-order valence-electron chi connectivity index (χ3n) is 5.05. The van der Waals surface area contributed by atoms with Crippen molar-refractivity contribution < 1.29 is 23.9 Å². The molecular weight excluding hydrogens is 348 g/mol. The van der Waals surface area contributed by atoms with Gasteiger partial charge in [0, 0.05) is 12.6 Å².